The van der Waals surface area contributed by atoms with E-state index in [1.54, 1.807) is 0 Å². The molecule has 0 amide bonds. The molecule has 0 aromatic heterocycles. The molecule has 11 heteroatoms. The summed E-state index contributed by atoms with van der Waals surface area (Å²) >= 11 is 0. The van der Waals surface area contributed by atoms with Crippen LogP contribution in [0.3, 0.4) is 0 Å². The standard InChI is InChI=1S/Ce.H3N.H2O4S.4H2O/c;;1-5(2,3)4;;;;/h;1H3;(H2,1,2,3,4);4*1H2/q+4;;;;;;/p-2. The smallest absolute Gasteiger partial charge is 0.759 e. The van der Waals surface area contributed by atoms with Crippen molar-refractivity contribution >= 4 is 10.4 Å². The third-order valence-corrected chi connectivity index (χ3v) is 0. The fraction of sp³-hybridized carbons (Fsp3) is 0. The predicted molar refractivity (Wildman–Crippen MR) is 30.0 cm³/mol. The van der Waals surface area contributed by atoms with E-state index in [4.69, 9.17) is 17.5 Å². The van der Waals surface area contributed by atoms with E-state index < -0.39 is 10.4 Å². The normalized spacial score (nSPS) is 5.27. The Morgan fingerprint density at radius 1 is 0.818 bits per heavy atom. The van der Waals surface area contributed by atoms with Crippen molar-refractivity contribution in [3.63, 3.8) is 0 Å². The van der Waals surface area contributed by atoms with E-state index >= 15 is 0 Å². The first-order chi connectivity index (χ1) is 2.00. The van der Waals surface area contributed by atoms with Gasteiger partial charge in [-0.2, -0.15) is 0 Å². The number of rotatable bonds is 0. The second-order valence-corrected chi connectivity index (χ2v) is 1.22. The Labute approximate surface area is 96.9 Å². The topological polar surface area (TPSA) is 241 Å². The van der Waals surface area contributed by atoms with Crippen LogP contribution in [0.1, 0.15) is 0 Å². The molecule has 0 aliphatic carbocycles. The van der Waals surface area contributed by atoms with Crippen molar-refractivity contribution < 1.29 is 81.2 Å². The van der Waals surface area contributed by atoms with Gasteiger partial charge in [0.2, 0.25) is 0 Å². The van der Waals surface area contributed by atoms with Crippen LogP contribution in [0.2, 0.25) is 0 Å². The van der Waals surface area contributed by atoms with Gasteiger partial charge in [-0.3, -0.25) is 8.42 Å². The minimum atomic E-state index is -5.17. The third kappa shape index (κ3) is 825. The van der Waals surface area contributed by atoms with Crippen molar-refractivity contribution in [3.05, 3.63) is 0 Å². The average Bonchev–Trinajstić information content (AvgIpc) is 0.722. The zero-order chi connectivity index (χ0) is 4.50. The summed E-state index contributed by atoms with van der Waals surface area (Å²) in [5, 5.41) is 0. The molecular weight excluding hydrogens is 314 g/mol. The van der Waals surface area contributed by atoms with Gasteiger partial charge in [0.1, 0.15) is 0 Å². The van der Waals surface area contributed by atoms with Gasteiger partial charge in [0.15, 0.2) is 0 Å². The summed E-state index contributed by atoms with van der Waals surface area (Å²) in [6.45, 7) is 0. The van der Waals surface area contributed by atoms with Gasteiger partial charge in [0.05, 0.1) is 0 Å². The van der Waals surface area contributed by atoms with Gasteiger partial charge in [-0.15, -0.1) is 0 Å². The minimum Gasteiger partial charge on any atom is -0.759 e. The molecule has 0 aromatic carbocycles. The summed E-state index contributed by atoms with van der Waals surface area (Å²) < 4.78 is 34.1. The minimum absolute atomic E-state index is 0. The van der Waals surface area contributed by atoms with Gasteiger partial charge in [-0.05, 0) is 0 Å². The first-order valence-corrected chi connectivity index (χ1v) is 2.00. The van der Waals surface area contributed by atoms with Crippen LogP contribution in [0.25, 0.3) is 0 Å². The van der Waals surface area contributed by atoms with Crippen LogP contribution in [-0.4, -0.2) is 39.4 Å². The second kappa shape index (κ2) is 22.5. The molecule has 0 aliphatic rings. The van der Waals surface area contributed by atoms with Crippen molar-refractivity contribution in [1.29, 1.82) is 0 Å². The molecule has 0 saturated carbocycles. The summed E-state index contributed by atoms with van der Waals surface area (Å²) in [6.07, 6.45) is 0. The molecule has 72 valence electrons. The fourth-order valence-electron chi connectivity index (χ4n) is 0. The Morgan fingerprint density at radius 3 is 0.818 bits per heavy atom. The van der Waals surface area contributed by atoms with E-state index in [9.17, 15) is 0 Å². The molecule has 0 atom stereocenters. The average molecular weight is 325 g/mol. The van der Waals surface area contributed by atoms with Crippen molar-refractivity contribution in [2.24, 2.45) is 0 Å². The van der Waals surface area contributed by atoms with Gasteiger partial charge in [-0.1, -0.05) is 0 Å². The Hall–Kier alpha value is 1.05. The van der Waals surface area contributed by atoms with Crippen molar-refractivity contribution in [1.82, 2.24) is 6.15 Å². The molecule has 0 saturated heterocycles. The molecule has 0 bridgehead atoms. The molecular formula is H11CeNO8S+2. The van der Waals surface area contributed by atoms with Gasteiger partial charge in [0.25, 0.3) is 0 Å². The Balaban J connectivity index is -0.00000000533. The maximum absolute atomic E-state index is 8.52. The maximum atomic E-state index is 8.52. The van der Waals surface area contributed by atoms with E-state index in [0.29, 0.717) is 0 Å². The molecule has 0 aliphatic heterocycles. The zero-order valence-corrected chi connectivity index (χ0v) is 9.20. The van der Waals surface area contributed by atoms with Crippen LogP contribution in [0.15, 0.2) is 0 Å². The van der Waals surface area contributed by atoms with Gasteiger partial charge in [-0.25, -0.2) is 0 Å². The third-order valence-electron chi connectivity index (χ3n) is 0. The largest absolute Gasteiger partial charge is 4.00 e. The molecule has 0 heterocycles. The molecule has 0 unspecified atom stereocenters. The fourth-order valence-corrected chi connectivity index (χ4v) is 0. The zero-order valence-electron chi connectivity index (χ0n) is 5.25. The van der Waals surface area contributed by atoms with Crippen LogP contribution in [0.5, 0.6) is 0 Å². The van der Waals surface area contributed by atoms with Crippen molar-refractivity contribution in [2.75, 3.05) is 0 Å². The Morgan fingerprint density at radius 2 is 0.818 bits per heavy atom. The van der Waals surface area contributed by atoms with Crippen LogP contribution in [0.4, 0.5) is 0 Å². The molecule has 0 radical (unpaired) electrons. The first-order valence-electron chi connectivity index (χ1n) is 0.667. The molecule has 0 fully saturated rings. The quantitative estimate of drug-likeness (QED) is 0.341. The second-order valence-electron chi connectivity index (χ2n) is 0.408. The van der Waals surface area contributed by atoms with Crippen LogP contribution in [0, 0.1) is 41.7 Å². The summed E-state index contributed by atoms with van der Waals surface area (Å²) in [7, 11) is -5.17. The molecule has 9 nitrogen and oxygen atoms in total. The maximum Gasteiger partial charge on any atom is 4.00 e. The first kappa shape index (κ1) is 57.7. The SMILES string of the molecule is N.O.O.O.O.O=S(=O)([O-])[O-].[Ce+4]. The number of hydrogen-bond donors (Lipinski definition) is 1. The van der Waals surface area contributed by atoms with E-state index in [-0.39, 0.29) is 69.8 Å². The Bertz CT molecular complexity index is 97.3. The monoisotopic (exact) mass is 325 g/mol. The van der Waals surface area contributed by atoms with E-state index in [2.05, 4.69) is 0 Å². The number of hydrogen-bond acceptors (Lipinski definition) is 5. The van der Waals surface area contributed by atoms with Crippen LogP contribution >= 0.6 is 0 Å². The molecule has 0 aromatic rings. The van der Waals surface area contributed by atoms with Crippen LogP contribution < -0.4 is 6.15 Å². The molecule has 11 N–H and O–H groups in total. The van der Waals surface area contributed by atoms with Gasteiger partial charge in [0, 0.05) is 10.4 Å². The summed E-state index contributed by atoms with van der Waals surface area (Å²) in [5.74, 6) is 0. The van der Waals surface area contributed by atoms with Gasteiger partial charge < -0.3 is 37.2 Å². The van der Waals surface area contributed by atoms with Gasteiger partial charge >= 0.3 is 41.7 Å². The van der Waals surface area contributed by atoms with Crippen LogP contribution in [-0.2, 0) is 10.4 Å². The molecule has 0 spiro atoms. The predicted octanol–water partition coefficient (Wildman–Crippen LogP) is -4.47. The summed E-state index contributed by atoms with van der Waals surface area (Å²) in [4.78, 5) is 0. The van der Waals surface area contributed by atoms with E-state index in [0.717, 1.165) is 0 Å². The summed E-state index contributed by atoms with van der Waals surface area (Å²) in [5.41, 5.74) is 0. The van der Waals surface area contributed by atoms with E-state index in [1.807, 2.05) is 0 Å². The Kier molecular flexibility index (Phi) is 118. The van der Waals surface area contributed by atoms with Crippen molar-refractivity contribution in [3.8, 4) is 0 Å². The summed E-state index contributed by atoms with van der Waals surface area (Å²) in [6, 6.07) is 0. The van der Waals surface area contributed by atoms with E-state index in [1.165, 1.54) is 0 Å². The molecule has 0 rings (SSSR count). The molecule has 11 heavy (non-hydrogen) atoms. The van der Waals surface area contributed by atoms with Crippen molar-refractivity contribution in [2.45, 2.75) is 0 Å².